The number of nitrogens with one attached hydrogen (secondary N) is 1. The van der Waals surface area contributed by atoms with Crippen molar-refractivity contribution in [1.82, 2.24) is 14.9 Å². The van der Waals surface area contributed by atoms with Crippen LogP contribution in [-0.4, -0.2) is 22.1 Å². The number of hydrogen-bond acceptors (Lipinski definition) is 4. The minimum atomic E-state index is -0.332. The van der Waals surface area contributed by atoms with Crippen LogP contribution in [0, 0.1) is 11.3 Å². The number of carbonyl (C=O) groups excluding carboxylic acids is 1. The van der Waals surface area contributed by atoms with Crippen molar-refractivity contribution >= 4 is 16.9 Å². The number of nitrogens with zero attached hydrogens (tertiary/aromatic N) is 3. The van der Waals surface area contributed by atoms with Gasteiger partial charge in [-0.1, -0.05) is 48.5 Å². The number of hydrogen-bond donors (Lipinski definition) is 1. The van der Waals surface area contributed by atoms with Gasteiger partial charge in [0.1, 0.15) is 17.6 Å². The van der Waals surface area contributed by atoms with E-state index in [4.69, 9.17) is 15.0 Å². The minimum Gasteiger partial charge on any atom is -0.494 e. The fraction of sp³-hybridized carbons (Fsp3) is 0.222. The summed E-state index contributed by atoms with van der Waals surface area (Å²) < 4.78 is 7.74. The number of imidazole rings is 1. The Hall–Kier alpha value is -4.11. The molecule has 1 amide bonds. The monoisotopic (exact) mass is 438 g/mol. The second-order valence-electron chi connectivity index (χ2n) is 7.87. The van der Waals surface area contributed by atoms with E-state index in [0.29, 0.717) is 30.8 Å². The molecule has 0 radical (unpaired) electrons. The predicted octanol–water partition coefficient (Wildman–Crippen LogP) is 4.90. The Morgan fingerprint density at radius 2 is 1.85 bits per heavy atom. The molecule has 1 N–H and O–H groups in total. The number of unbranched alkanes of at least 4 members (excludes halogenated alkanes) is 1. The first kappa shape index (κ1) is 22.1. The van der Waals surface area contributed by atoms with Crippen LogP contribution in [0.2, 0.25) is 0 Å². The van der Waals surface area contributed by atoms with Gasteiger partial charge in [-0.15, -0.1) is 0 Å². The molecule has 0 aliphatic rings. The van der Waals surface area contributed by atoms with Crippen molar-refractivity contribution in [3.8, 4) is 11.8 Å². The highest BCUT2D eigenvalue weighted by molar-refractivity contribution is 5.78. The molecule has 1 atom stereocenters. The molecule has 0 spiro atoms. The van der Waals surface area contributed by atoms with Gasteiger partial charge in [-0.2, -0.15) is 5.26 Å². The Morgan fingerprint density at radius 1 is 1.06 bits per heavy atom. The molecule has 0 saturated heterocycles. The van der Waals surface area contributed by atoms with E-state index in [-0.39, 0.29) is 11.9 Å². The number of para-hydroxylation sites is 2. The van der Waals surface area contributed by atoms with Gasteiger partial charge in [-0.25, -0.2) is 4.98 Å². The predicted molar refractivity (Wildman–Crippen MR) is 128 cm³/mol. The van der Waals surface area contributed by atoms with Crippen LogP contribution in [0.4, 0.5) is 0 Å². The molecule has 1 heterocycles. The number of aromatic nitrogens is 2. The van der Waals surface area contributed by atoms with E-state index in [2.05, 4.69) is 11.4 Å². The summed E-state index contributed by atoms with van der Waals surface area (Å²) in [5.74, 6) is 1.45. The Kier molecular flexibility index (Phi) is 7.01. The SMILES string of the molecule is Cn1c(C(NC(=O)CCCCOc2cccc(C#N)c2)c2ccccc2)nc2ccccc21. The third kappa shape index (κ3) is 5.39. The minimum absolute atomic E-state index is 0.0256. The summed E-state index contributed by atoms with van der Waals surface area (Å²) in [6.07, 6.45) is 1.84. The van der Waals surface area contributed by atoms with E-state index < -0.39 is 0 Å². The third-order valence-corrected chi connectivity index (χ3v) is 5.55. The second-order valence-corrected chi connectivity index (χ2v) is 7.87. The zero-order valence-corrected chi connectivity index (χ0v) is 18.6. The van der Waals surface area contributed by atoms with Crippen LogP contribution in [0.5, 0.6) is 5.75 Å². The van der Waals surface area contributed by atoms with E-state index in [0.717, 1.165) is 28.8 Å². The lowest BCUT2D eigenvalue weighted by atomic mass is 10.1. The summed E-state index contributed by atoms with van der Waals surface area (Å²) in [7, 11) is 1.98. The normalized spacial score (nSPS) is 11.6. The summed E-state index contributed by atoms with van der Waals surface area (Å²) in [6, 6.07) is 26.7. The summed E-state index contributed by atoms with van der Waals surface area (Å²) in [6.45, 7) is 0.495. The Labute approximate surface area is 193 Å². The summed E-state index contributed by atoms with van der Waals surface area (Å²) >= 11 is 0. The van der Waals surface area contributed by atoms with Gasteiger partial charge in [0.05, 0.1) is 29.3 Å². The molecule has 0 fully saturated rings. The lowest BCUT2D eigenvalue weighted by Crippen LogP contribution is -2.31. The molecule has 33 heavy (non-hydrogen) atoms. The highest BCUT2D eigenvalue weighted by atomic mass is 16.5. The molecule has 3 aromatic carbocycles. The van der Waals surface area contributed by atoms with Crippen LogP contribution >= 0.6 is 0 Å². The van der Waals surface area contributed by atoms with E-state index >= 15 is 0 Å². The average molecular weight is 439 g/mol. The molecular formula is C27H26N4O2. The van der Waals surface area contributed by atoms with Crippen LogP contribution in [0.1, 0.15) is 42.3 Å². The Balaban J connectivity index is 1.38. The largest absolute Gasteiger partial charge is 0.494 e. The smallest absolute Gasteiger partial charge is 0.220 e. The summed E-state index contributed by atoms with van der Waals surface area (Å²) in [5, 5.41) is 12.1. The standard InChI is InChI=1S/C27H26N4O2/c1-31-24-15-6-5-14-23(24)29-27(31)26(21-11-3-2-4-12-21)30-25(32)16-7-8-17-33-22-13-9-10-20(18-22)19-28/h2-6,9-15,18,26H,7-8,16-17H2,1H3,(H,30,32). The molecule has 0 bridgehead atoms. The molecule has 6 heteroatoms. The van der Waals surface area contributed by atoms with Crippen molar-refractivity contribution in [2.75, 3.05) is 6.61 Å². The Morgan fingerprint density at radius 3 is 2.64 bits per heavy atom. The lowest BCUT2D eigenvalue weighted by Gasteiger charge is -2.19. The summed E-state index contributed by atoms with van der Waals surface area (Å²) in [5.41, 5.74) is 3.49. The van der Waals surface area contributed by atoms with Crippen molar-refractivity contribution < 1.29 is 9.53 Å². The number of aryl methyl sites for hydroxylation is 1. The molecule has 6 nitrogen and oxygen atoms in total. The molecular weight excluding hydrogens is 412 g/mol. The third-order valence-electron chi connectivity index (χ3n) is 5.55. The van der Waals surface area contributed by atoms with Crippen LogP contribution < -0.4 is 10.1 Å². The van der Waals surface area contributed by atoms with E-state index in [1.54, 1.807) is 18.2 Å². The second kappa shape index (κ2) is 10.5. The van der Waals surface area contributed by atoms with Crippen molar-refractivity contribution in [2.24, 2.45) is 7.05 Å². The molecule has 0 aliphatic heterocycles. The van der Waals surface area contributed by atoms with Gasteiger partial charge in [0.15, 0.2) is 0 Å². The van der Waals surface area contributed by atoms with Crippen molar-refractivity contribution in [3.05, 3.63) is 95.8 Å². The number of amides is 1. The Bertz CT molecular complexity index is 1270. The summed E-state index contributed by atoms with van der Waals surface area (Å²) in [4.78, 5) is 17.6. The van der Waals surface area contributed by atoms with Gasteiger partial charge in [0, 0.05) is 13.5 Å². The van der Waals surface area contributed by atoms with Gasteiger partial charge < -0.3 is 14.6 Å². The number of benzene rings is 3. The van der Waals surface area contributed by atoms with Crippen molar-refractivity contribution in [2.45, 2.75) is 25.3 Å². The molecule has 0 aliphatic carbocycles. The zero-order valence-electron chi connectivity index (χ0n) is 18.6. The van der Waals surface area contributed by atoms with Gasteiger partial charge in [0.25, 0.3) is 0 Å². The maximum Gasteiger partial charge on any atom is 0.220 e. The molecule has 4 aromatic rings. The highest BCUT2D eigenvalue weighted by Crippen LogP contribution is 2.25. The van der Waals surface area contributed by atoms with Gasteiger partial charge >= 0.3 is 0 Å². The number of ether oxygens (including phenoxy) is 1. The van der Waals surface area contributed by atoms with E-state index in [1.807, 2.05) is 72.3 Å². The van der Waals surface area contributed by atoms with Crippen LogP contribution in [0.25, 0.3) is 11.0 Å². The maximum atomic E-state index is 12.8. The van der Waals surface area contributed by atoms with Gasteiger partial charge in [0.2, 0.25) is 5.91 Å². The van der Waals surface area contributed by atoms with E-state index in [1.165, 1.54) is 0 Å². The number of carbonyl (C=O) groups is 1. The number of fused-ring (bicyclic) bond motifs is 1. The molecule has 166 valence electrons. The fourth-order valence-electron chi connectivity index (χ4n) is 3.83. The first-order valence-corrected chi connectivity index (χ1v) is 11.0. The first-order valence-electron chi connectivity index (χ1n) is 11.0. The maximum absolute atomic E-state index is 12.8. The molecule has 1 unspecified atom stereocenters. The number of rotatable bonds is 9. The quantitative estimate of drug-likeness (QED) is 0.377. The fourth-order valence-corrected chi connectivity index (χ4v) is 3.83. The lowest BCUT2D eigenvalue weighted by molar-refractivity contribution is -0.121. The van der Waals surface area contributed by atoms with Gasteiger partial charge in [-0.3, -0.25) is 4.79 Å². The molecule has 0 saturated carbocycles. The molecule has 4 rings (SSSR count). The van der Waals surface area contributed by atoms with Crippen molar-refractivity contribution in [1.29, 1.82) is 5.26 Å². The van der Waals surface area contributed by atoms with Crippen molar-refractivity contribution in [3.63, 3.8) is 0 Å². The van der Waals surface area contributed by atoms with Crippen LogP contribution in [0.3, 0.4) is 0 Å². The topological polar surface area (TPSA) is 79.9 Å². The van der Waals surface area contributed by atoms with Gasteiger partial charge in [-0.05, 0) is 48.7 Å². The number of nitriles is 1. The highest BCUT2D eigenvalue weighted by Gasteiger charge is 2.22. The molecule has 1 aromatic heterocycles. The van der Waals surface area contributed by atoms with Crippen LogP contribution in [0.15, 0.2) is 78.9 Å². The zero-order chi connectivity index (χ0) is 23.0. The average Bonchev–Trinajstić information content (AvgIpc) is 3.19. The first-order chi connectivity index (χ1) is 16.2. The van der Waals surface area contributed by atoms with Crippen LogP contribution in [-0.2, 0) is 11.8 Å². The van der Waals surface area contributed by atoms with E-state index in [9.17, 15) is 4.79 Å².